The molecule has 1 saturated heterocycles. The summed E-state index contributed by atoms with van der Waals surface area (Å²) in [7, 11) is 1.87. The maximum atomic E-state index is 12.3. The first kappa shape index (κ1) is 12.9. The van der Waals surface area contributed by atoms with E-state index in [1.54, 1.807) is 0 Å². The van der Waals surface area contributed by atoms with Gasteiger partial charge in [0.15, 0.2) is 0 Å². The summed E-state index contributed by atoms with van der Waals surface area (Å²) in [4.78, 5) is 16.4. The van der Waals surface area contributed by atoms with Crippen LogP contribution in [0.15, 0.2) is 30.3 Å². The van der Waals surface area contributed by atoms with Crippen LogP contribution in [0.5, 0.6) is 0 Å². The molecule has 1 amide bonds. The Labute approximate surface area is 108 Å². The molecular weight excluding hydrogens is 226 g/mol. The van der Waals surface area contributed by atoms with Crippen molar-refractivity contribution >= 4 is 11.6 Å². The first-order valence-electron chi connectivity index (χ1n) is 6.43. The minimum Gasteiger partial charge on any atom is -0.357 e. The van der Waals surface area contributed by atoms with E-state index in [1.165, 1.54) is 0 Å². The van der Waals surface area contributed by atoms with Crippen LogP contribution in [0, 0.1) is 0 Å². The van der Waals surface area contributed by atoms with Crippen LogP contribution in [0.25, 0.3) is 0 Å². The van der Waals surface area contributed by atoms with Gasteiger partial charge >= 0.3 is 0 Å². The highest BCUT2D eigenvalue weighted by Gasteiger charge is 2.36. The standard InChI is InChI=1S/C14H21N3O/c1-11-10-17(12-6-4-3-5-7-12)13(8-9-15)14(18)16(11)2/h3-7,11,13H,8-10,15H2,1-2H3. The monoisotopic (exact) mass is 247 g/mol. The van der Waals surface area contributed by atoms with Crippen molar-refractivity contribution in [3.05, 3.63) is 30.3 Å². The van der Waals surface area contributed by atoms with Crippen molar-refractivity contribution in [2.24, 2.45) is 5.73 Å². The zero-order valence-corrected chi connectivity index (χ0v) is 11.0. The number of rotatable bonds is 3. The Balaban J connectivity index is 2.28. The zero-order valence-electron chi connectivity index (χ0n) is 11.0. The molecule has 18 heavy (non-hydrogen) atoms. The molecule has 2 atom stereocenters. The number of benzene rings is 1. The highest BCUT2D eigenvalue weighted by atomic mass is 16.2. The second kappa shape index (κ2) is 5.40. The summed E-state index contributed by atoms with van der Waals surface area (Å²) in [5, 5.41) is 0. The van der Waals surface area contributed by atoms with E-state index in [9.17, 15) is 4.79 Å². The van der Waals surface area contributed by atoms with Gasteiger partial charge in [-0.25, -0.2) is 0 Å². The number of hydrogen-bond donors (Lipinski definition) is 1. The van der Waals surface area contributed by atoms with Crippen molar-refractivity contribution in [3.8, 4) is 0 Å². The molecule has 1 aromatic carbocycles. The molecule has 2 rings (SSSR count). The molecule has 1 heterocycles. The Morgan fingerprint density at radius 1 is 1.33 bits per heavy atom. The quantitative estimate of drug-likeness (QED) is 0.869. The number of carbonyl (C=O) groups excluding carboxylic acids is 1. The average Bonchev–Trinajstić information content (AvgIpc) is 2.40. The number of hydrogen-bond acceptors (Lipinski definition) is 3. The lowest BCUT2D eigenvalue weighted by Crippen LogP contribution is -2.60. The molecule has 0 aromatic heterocycles. The van der Waals surface area contributed by atoms with Gasteiger partial charge in [0.2, 0.25) is 5.91 Å². The summed E-state index contributed by atoms with van der Waals surface area (Å²) in [5.74, 6) is 0.169. The molecule has 2 N–H and O–H groups in total. The van der Waals surface area contributed by atoms with Crippen LogP contribution in [0.4, 0.5) is 5.69 Å². The summed E-state index contributed by atoms with van der Waals surface area (Å²) in [6, 6.07) is 10.2. The third-order valence-electron chi connectivity index (χ3n) is 3.66. The molecule has 0 bridgehead atoms. The van der Waals surface area contributed by atoms with Gasteiger partial charge in [-0.3, -0.25) is 4.79 Å². The Bertz CT molecular complexity index is 407. The highest BCUT2D eigenvalue weighted by Crippen LogP contribution is 2.24. The average molecular weight is 247 g/mol. The lowest BCUT2D eigenvalue weighted by Gasteiger charge is -2.44. The van der Waals surface area contributed by atoms with Gasteiger partial charge in [-0.2, -0.15) is 0 Å². The Hall–Kier alpha value is -1.55. The summed E-state index contributed by atoms with van der Waals surface area (Å²) < 4.78 is 0. The molecule has 0 radical (unpaired) electrons. The van der Waals surface area contributed by atoms with E-state index in [4.69, 9.17) is 5.73 Å². The highest BCUT2D eigenvalue weighted by molar-refractivity contribution is 5.86. The Morgan fingerprint density at radius 3 is 2.61 bits per heavy atom. The number of amides is 1. The van der Waals surface area contributed by atoms with Crippen LogP contribution in [0.3, 0.4) is 0 Å². The van der Waals surface area contributed by atoms with Gasteiger partial charge in [-0.15, -0.1) is 0 Å². The maximum Gasteiger partial charge on any atom is 0.245 e. The Kier molecular flexibility index (Phi) is 3.87. The minimum absolute atomic E-state index is 0.126. The molecule has 4 heteroatoms. The molecule has 0 saturated carbocycles. The van der Waals surface area contributed by atoms with E-state index in [0.29, 0.717) is 13.0 Å². The van der Waals surface area contributed by atoms with Crippen LogP contribution in [0.2, 0.25) is 0 Å². The van der Waals surface area contributed by atoms with E-state index in [-0.39, 0.29) is 18.0 Å². The zero-order chi connectivity index (χ0) is 13.1. The summed E-state index contributed by atoms with van der Waals surface area (Å²) in [6.07, 6.45) is 0.699. The van der Waals surface area contributed by atoms with E-state index in [0.717, 1.165) is 12.2 Å². The molecule has 2 unspecified atom stereocenters. The normalized spacial score (nSPS) is 24.5. The first-order chi connectivity index (χ1) is 8.65. The van der Waals surface area contributed by atoms with Crippen molar-refractivity contribution in [1.29, 1.82) is 0 Å². The largest absolute Gasteiger partial charge is 0.357 e. The first-order valence-corrected chi connectivity index (χ1v) is 6.43. The summed E-state index contributed by atoms with van der Waals surface area (Å²) in [5.41, 5.74) is 6.75. The van der Waals surface area contributed by atoms with Crippen molar-refractivity contribution in [3.63, 3.8) is 0 Å². The fraction of sp³-hybridized carbons (Fsp3) is 0.500. The summed E-state index contributed by atoms with van der Waals surface area (Å²) >= 11 is 0. The number of likely N-dealkylation sites (N-methyl/N-ethyl adjacent to an activating group) is 1. The van der Waals surface area contributed by atoms with Crippen LogP contribution < -0.4 is 10.6 Å². The Morgan fingerprint density at radius 2 is 2.00 bits per heavy atom. The molecular formula is C14H21N3O. The molecule has 1 aliphatic heterocycles. The molecule has 1 fully saturated rings. The van der Waals surface area contributed by atoms with Crippen molar-refractivity contribution in [1.82, 2.24) is 4.90 Å². The number of nitrogens with zero attached hydrogens (tertiary/aromatic N) is 2. The number of para-hydroxylation sites is 1. The number of carbonyl (C=O) groups is 1. The fourth-order valence-corrected chi connectivity index (χ4v) is 2.46. The second-order valence-electron chi connectivity index (χ2n) is 4.88. The second-order valence-corrected chi connectivity index (χ2v) is 4.88. The van der Waals surface area contributed by atoms with E-state index in [1.807, 2.05) is 30.1 Å². The predicted molar refractivity (Wildman–Crippen MR) is 73.5 cm³/mol. The van der Waals surface area contributed by atoms with Gasteiger partial charge < -0.3 is 15.5 Å². The molecule has 4 nitrogen and oxygen atoms in total. The van der Waals surface area contributed by atoms with Gasteiger partial charge in [0.25, 0.3) is 0 Å². The van der Waals surface area contributed by atoms with Crippen molar-refractivity contribution < 1.29 is 4.79 Å². The molecule has 98 valence electrons. The molecule has 1 aliphatic rings. The van der Waals surface area contributed by atoms with Gasteiger partial charge in [-0.1, -0.05) is 18.2 Å². The maximum absolute atomic E-state index is 12.3. The van der Waals surface area contributed by atoms with Crippen LogP contribution in [0.1, 0.15) is 13.3 Å². The SMILES string of the molecule is CC1CN(c2ccccc2)C(CCN)C(=O)N1C. The van der Waals surface area contributed by atoms with Gasteiger partial charge in [0.05, 0.1) is 0 Å². The number of anilines is 1. The molecule has 0 spiro atoms. The van der Waals surface area contributed by atoms with Gasteiger partial charge in [0.1, 0.15) is 6.04 Å². The molecule has 1 aromatic rings. The van der Waals surface area contributed by atoms with Crippen LogP contribution in [-0.2, 0) is 4.79 Å². The van der Waals surface area contributed by atoms with E-state index in [2.05, 4.69) is 24.0 Å². The lowest BCUT2D eigenvalue weighted by molar-refractivity contribution is -0.135. The third-order valence-corrected chi connectivity index (χ3v) is 3.66. The number of nitrogens with two attached hydrogens (primary N) is 1. The van der Waals surface area contributed by atoms with Gasteiger partial charge in [0, 0.05) is 25.3 Å². The topological polar surface area (TPSA) is 49.6 Å². The third kappa shape index (κ3) is 2.34. The predicted octanol–water partition coefficient (Wildman–Crippen LogP) is 1.07. The fourth-order valence-electron chi connectivity index (χ4n) is 2.46. The lowest BCUT2D eigenvalue weighted by atomic mass is 10.0. The van der Waals surface area contributed by atoms with Crippen LogP contribution in [-0.4, -0.2) is 43.0 Å². The van der Waals surface area contributed by atoms with Crippen LogP contribution >= 0.6 is 0 Å². The van der Waals surface area contributed by atoms with Crippen molar-refractivity contribution in [2.45, 2.75) is 25.4 Å². The smallest absolute Gasteiger partial charge is 0.245 e. The molecule has 0 aliphatic carbocycles. The van der Waals surface area contributed by atoms with Crippen molar-refractivity contribution in [2.75, 3.05) is 25.0 Å². The minimum atomic E-state index is -0.126. The van der Waals surface area contributed by atoms with Gasteiger partial charge in [-0.05, 0) is 32.0 Å². The van der Waals surface area contributed by atoms with E-state index < -0.39 is 0 Å². The van der Waals surface area contributed by atoms with E-state index >= 15 is 0 Å². The summed E-state index contributed by atoms with van der Waals surface area (Å²) in [6.45, 7) is 3.46. The number of piperazine rings is 1.